The first kappa shape index (κ1) is 13.0. The highest BCUT2D eigenvalue weighted by Gasteiger charge is 2.03. The maximum atomic E-state index is 4.25. The van der Waals surface area contributed by atoms with E-state index in [1.807, 2.05) is 57.0 Å². The Morgan fingerprint density at radius 3 is 2.21 bits per heavy atom. The molecular formula is C11H19N2S+. The number of nitrogens with zero attached hydrogens (tertiary/aromatic N) is 2. The van der Waals surface area contributed by atoms with E-state index in [1.54, 1.807) is 11.5 Å². The van der Waals surface area contributed by atoms with Crippen molar-refractivity contribution in [2.24, 2.45) is 7.05 Å². The van der Waals surface area contributed by atoms with Crippen LogP contribution in [-0.4, -0.2) is 5.10 Å². The van der Waals surface area contributed by atoms with Gasteiger partial charge in [-0.05, 0) is 16.2 Å². The predicted molar refractivity (Wildman–Crippen MR) is 63.5 cm³/mol. The normalized spacial score (nSPS) is 8.36. The molecule has 1 aromatic carbocycles. The van der Waals surface area contributed by atoms with Crippen LogP contribution in [0.5, 0.6) is 0 Å². The lowest BCUT2D eigenvalue weighted by atomic mass is 10.3. The van der Waals surface area contributed by atoms with Gasteiger partial charge >= 0.3 is 0 Å². The van der Waals surface area contributed by atoms with E-state index in [4.69, 9.17) is 0 Å². The Kier molecular flexibility index (Phi) is 6.93. The van der Waals surface area contributed by atoms with Crippen molar-refractivity contribution in [2.45, 2.75) is 27.7 Å². The van der Waals surface area contributed by atoms with Crippen molar-refractivity contribution in [3.63, 3.8) is 0 Å². The largest absolute Gasteiger partial charge is 0.180 e. The van der Waals surface area contributed by atoms with E-state index in [9.17, 15) is 0 Å². The summed E-state index contributed by atoms with van der Waals surface area (Å²) < 4.78 is 3.11. The Hall–Kier alpha value is -0.960. The maximum absolute atomic E-state index is 4.25. The smallest absolute Gasteiger partial charge is 0.0683 e. The number of aromatic nitrogens is 2. The minimum atomic E-state index is 1.08. The summed E-state index contributed by atoms with van der Waals surface area (Å²) in [5.41, 5.74) is 1.08. The average Bonchev–Trinajstić information content (AvgIpc) is 2.64. The number of aryl methyl sites for hydroxylation is 1. The molecule has 2 aromatic rings. The third-order valence-electron chi connectivity index (χ3n) is 1.34. The molecule has 78 valence electrons. The molecule has 0 amide bonds. The molecule has 0 radical (unpaired) electrons. The van der Waals surface area contributed by atoms with Crippen LogP contribution in [0, 0.1) is 0 Å². The van der Waals surface area contributed by atoms with Crippen LogP contribution in [0.1, 0.15) is 27.7 Å². The Bertz CT molecular complexity index is 322. The molecule has 0 bridgehead atoms. The summed E-state index contributed by atoms with van der Waals surface area (Å²) in [4.78, 5) is 0. The Morgan fingerprint density at radius 1 is 1.07 bits per heavy atom. The zero-order valence-electron chi connectivity index (χ0n) is 9.61. The van der Waals surface area contributed by atoms with E-state index in [2.05, 4.69) is 11.2 Å². The van der Waals surface area contributed by atoms with Gasteiger partial charge in [0.25, 0.3) is 0 Å². The molecule has 2 rings (SSSR count). The molecule has 0 spiro atoms. The van der Waals surface area contributed by atoms with Gasteiger partial charge in [-0.2, -0.15) is 0 Å². The zero-order valence-corrected chi connectivity index (χ0v) is 10.4. The summed E-state index contributed by atoms with van der Waals surface area (Å²) in [6, 6.07) is 8.13. The Labute approximate surface area is 90.3 Å². The number of fused-ring (bicyclic) bond motifs is 1. The fraction of sp³-hybridized carbons (Fsp3) is 0.455. The standard InChI is InChI=1S/C7H7N2S.2C2H6/c1-9-8-6-4-2-3-5-7(6)10-9;2*1-2/h2-5H,1H3;2*1-2H3/q+1;;. The molecule has 0 fully saturated rings. The van der Waals surface area contributed by atoms with Crippen LogP contribution < -0.4 is 4.07 Å². The highest BCUT2D eigenvalue weighted by molar-refractivity contribution is 7.09. The van der Waals surface area contributed by atoms with Gasteiger partial charge in [-0.15, -0.1) is 0 Å². The molecule has 0 atom stereocenters. The van der Waals surface area contributed by atoms with E-state index in [0.29, 0.717) is 0 Å². The van der Waals surface area contributed by atoms with Gasteiger partial charge in [0.2, 0.25) is 0 Å². The van der Waals surface area contributed by atoms with Gasteiger partial charge in [0.1, 0.15) is 4.70 Å². The minimum Gasteiger partial charge on any atom is -0.0683 e. The lowest BCUT2D eigenvalue weighted by Crippen LogP contribution is -2.24. The average molecular weight is 211 g/mol. The molecule has 2 nitrogen and oxygen atoms in total. The van der Waals surface area contributed by atoms with Gasteiger partial charge in [0, 0.05) is 5.10 Å². The lowest BCUT2D eigenvalue weighted by Gasteiger charge is -1.74. The van der Waals surface area contributed by atoms with Crippen LogP contribution in [0.4, 0.5) is 0 Å². The molecule has 1 heterocycles. The molecule has 0 aliphatic heterocycles. The molecule has 0 aliphatic rings. The second-order valence-electron chi connectivity index (χ2n) is 2.12. The van der Waals surface area contributed by atoms with Crippen LogP contribution in [0.15, 0.2) is 24.3 Å². The molecule has 14 heavy (non-hydrogen) atoms. The maximum Gasteiger partial charge on any atom is 0.180 e. The summed E-state index contributed by atoms with van der Waals surface area (Å²) in [7, 11) is 1.95. The second kappa shape index (κ2) is 7.44. The van der Waals surface area contributed by atoms with Crippen LogP contribution in [0.2, 0.25) is 0 Å². The lowest BCUT2D eigenvalue weighted by molar-refractivity contribution is -0.661. The van der Waals surface area contributed by atoms with Crippen molar-refractivity contribution in [2.75, 3.05) is 0 Å². The summed E-state index contributed by atoms with van der Waals surface area (Å²) in [6.07, 6.45) is 0. The van der Waals surface area contributed by atoms with E-state index in [-0.39, 0.29) is 0 Å². The highest BCUT2D eigenvalue weighted by Crippen LogP contribution is 2.11. The molecule has 0 saturated heterocycles. The number of hydrogen-bond donors (Lipinski definition) is 0. The van der Waals surface area contributed by atoms with E-state index < -0.39 is 0 Å². The third kappa shape index (κ3) is 3.42. The van der Waals surface area contributed by atoms with Crippen LogP contribution in [-0.2, 0) is 7.05 Å². The fourth-order valence-electron chi connectivity index (χ4n) is 0.931. The minimum absolute atomic E-state index is 1.08. The molecule has 0 N–H and O–H groups in total. The number of benzene rings is 1. The van der Waals surface area contributed by atoms with Crippen LogP contribution in [0.25, 0.3) is 10.2 Å². The molecule has 0 saturated carbocycles. The Balaban J connectivity index is 0.000000379. The van der Waals surface area contributed by atoms with E-state index >= 15 is 0 Å². The van der Waals surface area contributed by atoms with Gasteiger partial charge in [-0.1, -0.05) is 39.8 Å². The predicted octanol–water partition coefficient (Wildman–Crippen LogP) is 3.17. The molecular weight excluding hydrogens is 192 g/mol. The first-order chi connectivity index (χ1) is 6.86. The van der Waals surface area contributed by atoms with Crippen LogP contribution in [0.3, 0.4) is 0 Å². The second-order valence-corrected chi connectivity index (χ2v) is 3.27. The van der Waals surface area contributed by atoms with Crippen molar-refractivity contribution >= 4 is 21.7 Å². The molecule has 0 aliphatic carbocycles. The first-order valence-electron chi connectivity index (χ1n) is 5.08. The van der Waals surface area contributed by atoms with Gasteiger partial charge in [-0.3, -0.25) is 0 Å². The third-order valence-corrected chi connectivity index (χ3v) is 2.23. The first-order valence-corrected chi connectivity index (χ1v) is 5.86. The summed E-state index contributed by atoms with van der Waals surface area (Å²) in [6.45, 7) is 8.00. The molecule has 1 aromatic heterocycles. The number of rotatable bonds is 0. The van der Waals surface area contributed by atoms with Gasteiger partial charge in [0.05, 0.1) is 0 Å². The summed E-state index contributed by atoms with van der Waals surface area (Å²) in [5.74, 6) is 0. The van der Waals surface area contributed by atoms with Crippen LogP contribution >= 0.6 is 11.5 Å². The van der Waals surface area contributed by atoms with E-state index in [1.165, 1.54) is 4.70 Å². The number of hydrogen-bond acceptors (Lipinski definition) is 2. The fourth-order valence-corrected chi connectivity index (χ4v) is 1.69. The van der Waals surface area contributed by atoms with E-state index in [0.717, 1.165) is 5.52 Å². The SMILES string of the molecule is CC.CC.C[n+]1nc2ccccc2s1. The quantitative estimate of drug-likeness (QED) is 0.612. The van der Waals surface area contributed by atoms with Crippen molar-refractivity contribution in [1.29, 1.82) is 0 Å². The monoisotopic (exact) mass is 211 g/mol. The van der Waals surface area contributed by atoms with Crippen molar-refractivity contribution in [3.05, 3.63) is 24.3 Å². The zero-order chi connectivity index (χ0) is 11.0. The Morgan fingerprint density at radius 2 is 1.64 bits per heavy atom. The molecule has 0 unspecified atom stereocenters. The van der Waals surface area contributed by atoms with Crippen molar-refractivity contribution in [1.82, 2.24) is 5.10 Å². The van der Waals surface area contributed by atoms with Crippen molar-refractivity contribution in [3.8, 4) is 0 Å². The summed E-state index contributed by atoms with van der Waals surface area (Å²) >= 11 is 1.66. The molecule has 3 heteroatoms. The summed E-state index contributed by atoms with van der Waals surface area (Å²) in [5, 5.41) is 4.25. The van der Waals surface area contributed by atoms with Gasteiger partial charge in [-0.25, -0.2) is 0 Å². The topological polar surface area (TPSA) is 16.8 Å². The highest BCUT2D eigenvalue weighted by atomic mass is 32.1. The van der Waals surface area contributed by atoms with Crippen molar-refractivity contribution < 1.29 is 4.07 Å². The van der Waals surface area contributed by atoms with Gasteiger partial charge < -0.3 is 0 Å². The van der Waals surface area contributed by atoms with Gasteiger partial charge in [0.15, 0.2) is 24.1 Å².